The van der Waals surface area contributed by atoms with Gasteiger partial charge in [0.25, 0.3) is 0 Å². The highest BCUT2D eigenvalue weighted by Crippen LogP contribution is 2.23. The minimum absolute atomic E-state index is 0.0371. The predicted octanol–water partition coefficient (Wildman–Crippen LogP) is 4.38. The first-order chi connectivity index (χ1) is 13.8. The van der Waals surface area contributed by atoms with Gasteiger partial charge in [0.2, 0.25) is 11.8 Å². The average Bonchev–Trinajstić information content (AvgIpc) is 2.69. The Hall–Kier alpha value is -2.67. The molecule has 2 rings (SSSR count). The SMILES string of the molecule is C=CCN(Cc1cc(Br)ccc1F)C(=O)CC(NC(C)=O)c1ccc(OC)cc1. The summed E-state index contributed by atoms with van der Waals surface area (Å²) in [6, 6.07) is 11.2. The van der Waals surface area contributed by atoms with E-state index < -0.39 is 6.04 Å². The van der Waals surface area contributed by atoms with Crippen LogP contribution in [0.3, 0.4) is 0 Å². The maximum atomic E-state index is 14.2. The van der Waals surface area contributed by atoms with Crippen LogP contribution in [0.5, 0.6) is 5.75 Å². The second kappa shape index (κ2) is 10.8. The number of halogens is 2. The van der Waals surface area contributed by atoms with Gasteiger partial charge in [-0.2, -0.15) is 0 Å². The van der Waals surface area contributed by atoms with Crippen LogP contribution in [-0.4, -0.2) is 30.4 Å². The van der Waals surface area contributed by atoms with E-state index in [1.807, 2.05) is 0 Å². The van der Waals surface area contributed by atoms with Gasteiger partial charge in [0.1, 0.15) is 11.6 Å². The molecule has 0 fully saturated rings. The van der Waals surface area contributed by atoms with Crippen LogP contribution >= 0.6 is 15.9 Å². The largest absolute Gasteiger partial charge is 0.497 e. The van der Waals surface area contributed by atoms with Crippen molar-refractivity contribution in [1.82, 2.24) is 10.2 Å². The van der Waals surface area contributed by atoms with Crippen molar-refractivity contribution in [2.75, 3.05) is 13.7 Å². The Morgan fingerprint density at radius 1 is 1.28 bits per heavy atom. The zero-order valence-corrected chi connectivity index (χ0v) is 18.0. The number of ether oxygens (including phenoxy) is 1. The van der Waals surface area contributed by atoms with E-state index in [1.54, 1.807) is 49.6 Å². The van der Waals surface area contributed by atoms with Crippen molar-refractivity contribution in [3.63, 3.8) is 0 Å². The van der Waals surface area contributed by atoms with Gasteiger partial charge >= 0.3 is 0 Å². The molecule has 0 aliphatic rings. The summed E-state index contributed by atoms with van der Waals surface area (Å²) in [5, 5.41) is 2.81. The van der Waals surface area contributed by atoms with Gasteiger partial charge < -0.3 is 15.0 Å². The molecule has 0 heterocycles. The number of hydrogen-bond acceptors (Lipinski definition) is 3. The molecule has 0 aliphatic heterocycles. The van der Waals surface area contributed by atoms with E-state index in [2.05, 4.69) is 27.8 Å². The van der Waals surface area contributed by atoms with Crippen LogP contribution in [0, 0.1) is 5.82 Å². The Kier molecular flexibility index (Phi) is 8.39. The molecule has 0 saturated heterocycles. The van der Waals surface area contributed by atoms with Crippen LogP contribution in [0.15, 0.2) is 59.6 Å². The number of hydrogen-bond donors (Lipinski definition) is 1. The molecule has 1 atom stereocenters. The molecule has 154 valence electrons. The molecule has 0 aromatic heterocycles. The lowest BCUT2D eigenvalue weighted by Crippen LogP contribution is -2.36. The third-order valence-corrected chi connectivity index (χ3v) is 4.84. The van der Waals surface area contributed by atoms with Crippen LogP contribution in [0.1, 0.15) is 30.5 Å². The molecule has 29 heavy (non-hydrogen) atoms. The first-order valence-electron chi connectivity index (χ1n) is 9.07. The minimum Gasteiger partial charge on any atom is -0.497 e. The highest BCUT2D eigenvalue weighted by molar-refractivity contribution is 9.10. The second-order valence-corrected chi connectivity index (χ2v) is 7.44. The molecule has 0 radical (unpaired) electrons. The lowest BCUT2D eigenvalue weighted by atomic mass is 10.0. The quantitative estimate of drug-likeness (QED) is 0.562. The highest BCUT2D eigenvalue weighted by Gasteiger charge is 2.22. The van der Waals surface area contributed by atoms with E-state index in [1.165, 1.54) is 17.9 Å². The van der Waals surface area contributed by atoms with Gasteiger partial charge in [-0.05, 0) is 35.9 Å². The highest BCUT2D eigenvalue weighted by atomic mass is 79.9. The van der Waals surface area contributed by atoms with Crippen LogP contribution in [0.4, 0.5) is 4.39 Å². The number of carbonyl (C=O) groups is 2. The molecule has 2 aromatic carbocycles. The Morgan fingerprint density at radius 2 is 1.97 bits per heavy atom. The number of benzene rings is 2. The molecule has 0 aliphatic carbocycles. The van der Waals surface area contributed by atoms with Gasteiger partial charge in [0.15, 0.2) is 0 Å². The third-order valence-electron chi connectivity index (χ3n) is 4.35. The van der Waals surface area contributed by atoms with E-state index in [-0.39, 0.29) is 37.1 Å². The smallest absolute Gasteiger partial charge is 0.225 e. The van der Waals surface area contributed by atoms with Crippen molar-refractivity contribution in [1.29, 1.82) is 0 Å². The molecule has 5 nitrogen and oxygen atoms in total. The lowest BCUT2D eigenvalue weighted by molar-refractivity contribution is -0.132. The molecule has 1 N–H and O–H groups in total. The topological polar surface area (TPSA) is 58.6 Å². The van der Waals surface area contributed by atoms with E-state index >= 15 is 0 Å². The third kappa shape index (κ3) is 6.71. The first kappa shape index (κ1) is 22.6. The summed E-state index contributed by atoms with van der Waals surface area (Å²) >= 11 is 3.32. The monoisotopic (exact) mass is 462 g/mol. The first-order valence-corrected chi connectivity index (χ1v) is 9.87. The van der Waals surface area contributed by atoms with Gasteiger partial charge in [-0.25, -0.2) is 4.39 Å². The van der Waals surface area contributed by atoms with Crippen molar-refractivity contribution >= 4 is 27.7 Å². The van der Waals surface area contributed by atoms with Crippen LogP contribution in [0.25, 0.3) is 0 Å². The van der Waals surface area contributed by atoms with E-state index in [0.717, 1.165) is 10.0 Å². The van der Waals surface area contributed by atoms with Crippen molar-refractivity contribution in [3.8, 4) is 5.75 Å². The summed E-state index contributed by atoms with van der Waals surface area (Å²) in [5.41, 5.74) is 1.18. The number of carbonyl (C=O) groups excluding carboxylic acids is 2. The molecular weight excluding hydrogens is 439 g/mol. The number of methoxy groups -OCH3 is 1. The zero-order chi connectivity index (χ0) is 21.4. The summed E-state index contributed by atoms with van der Waals surface area (Å²) in [5.74, 6) is -0.172. The Balaban J connectivity index is 2.21. The minimum atomic E-state index is -0.509. The van der Waals surface area contributed by atoms with Crippen LogP contribution in [-0.2, 0) is 16.1 Å². The van der Waals surface area contributed by atoms with Gasteiger partial charge in [0, 0.05) is 30.0 Å². The lowest BCUT2D eigenvalue weighted by Gasteiger charge is -2.25. The van der Waals surface area contributed by atoms with Crippen molar-refractivity contribution in [2.24, 2.45) is 0 Å². The summed E-state index contributed by atoms with van der Waals surface area (Å²) < 4.78 is 20.0. The van der Waals surface area contributed by atoms with Crippen LogP contribution in [0.2, 0.25) is 0 Å². The summed E-state index contributed by atoms with van der Waals surface area (Å²) in [6.45, 7) is 5.46. The van der Waals surface area contributed by atoms with Crippen molar-refractivity contribution < 1.29 is 18.7 Å². The van der Waals surface area contributed by atoms with Crippen molar-refractivity contribution in [3.05, 3.63) is 76.5 Å². The maximum absolute atomic E-state index is 14.2. The zero-order valence-electron chi connectivity index (χ0n) is 16.5. The predicted molar refractivity (Wildman–Crippen MR) is 114 cm³/mol. The van der Waals surface area contributed by atoms with Crippen molar-refractivity contribution in [2.45, 2.75) is 25.9 Å². The van der Waals surface area contributed by atoms with Gasteiger partial charge in [-0.1, -0.05) is 34.1 Å². The molecule has 0 spiro atoms. The maximum Gasteiger partial charge on any atom is 0.225 e. The van der Waals surface area contributed by atoms with Gasteiger partial charge in [0.05, 0.1) is 19.6 Å². The molecule has 1 unspecified atom stereocenters. The number of nitrogens with zero attached hydrogens (tertiary/aromatic N) is 1. The Labute approximate surface area is 178 Å². The fourth-order valence-electron chi connectivity index (χ4n) is 2.92. The van der Waals surface area contributed by atoms with Crippen LogP contribution < -0.4 is 10.1 Å². The number of amides is 2. The summed E-state index contributed by atoms with van der Waals surface area (Å²) in [4.78, 5) is 26.2. The Morgan fingerprint density at radius 3 is 2.55 bits per heavy atom. The molecule has 2 aromatic rings. The summed E-state index contributed by atoms with van der Waals surface area (Å²) in [6.07, 6.45) is 1.63. The van der Waals surface area contributed by atoms with Gasteiger partial charge in [-0.15, -0.1) is 6.58 Å². The average molecular weight is 463 g/mol. The summed E-state index contributed by atoms with van der Waals surface area (Å²) in [7, 11) is 1.57. The fraction of sp³-hybridized carbons (Fsp3) is 0.273. The molecular formula is C22H24BrFN2O3. The molecule has 0 bridgehead atoms. The molecule has 0 saturated carbocycles. The second-order valence-electron chi connectivity index (χ2n) is 6.53. The standard InChI is InChI=1S/C22H24BrFN2O3/c1-4-11-26(14-17-12-18(23)7-10-20(17)24)22(28)13-21(25-15(2)27)16-5-8-19(29-3)9-6-16/h4-10,12,21H,1,11,13-14H2,2-3H3,(H,25,27). The number of nitrogens with one attached hydrogen (secondary N) is 1. The molecule has 2 amide bonds. The fourth-order valence-corrected chi connectivity index (χ4v) is 3.33. The normalized spacial score (nSPS) is 11.4. The Bertz CT molecular complexity index is 871. The number of rotatable bonds is 9. The van der Waals surface area contributed by atoms with E-state index in [4.69, 9.17) is 4.74 Å². The van der Waals surface area contributed by atoms with E-state index in [9.17, 15) is 14.0 Å². The molecule has 7 heteroatoms. The van der Waals surface area contributed by atoms with E-state index in [0.29, 0.717) is 11.3 Å². The van der Waals surface area contributed by atoms with Gasteiger partial charge in [-0.3, -0.25) is 9.59 Å².